The first kappa shape index (κ1) is 20.6. The molecule has 6 heteroatoms. The number of aromatic nitrogens is 2. The van der Waals surface area contributed by atoms with Gasteiger partial charge in [-0.15, -0.1) is 0 Å². The molecule has 0 aliphatic carbocycles. The van der Waals surface area contributed by atoms with Gasteiger partial charge in [0.1, 0.15) is 0 Å². The van der Waals surface area contributed by atoms with Gasteiger partial charge in [-0.2, -0.15) is 5.10 Å². The SMILES string of the molecule is Cc1ccccc1-c1c(C)c(C(=O)NN2CCCCC2)nn1-c1ccc(Cl)cc1C. The minimum absolute atomic E-state index is 0.158. The van der Waals surface area contributed by atoms with Crippen molar-refractivity contribution in [2.45, 2.75) is 40.0 Å². The topological polar surface area (TPSA) is 50.2 Å². The molecule has 2 heterocycles. The number of halogens is 1. The van der Waals surface area contributed by atoms with Gasteiger partial charge in [0.05, 0.1) is 11.4 Å². The van der Waals surface area contributed by atoms with Gasteiger partial charge in [0.25, 0.3) is 5.91 Å². The molecule has 3 aromatic rings. The van der Waals surface area contributed by atoms with Crippen LogP contribution in [0.3, 0.4) is 0 Å². The number of nitrogens with one attached hydrogen (secondary N) is 1. The highest BCUT2D eigenvalue weighted by molar-refractivity contribution is 6.30. The number of hydrazine groups is 1. The number of hydrogen-bond acceptors (Lipinski definition) is 3. The molecule has 1 saturated heterocycles. The van der Waals surface area contributed by atoms with Crippen LogP contribution < -0.4 is 5.43 Å². The Morgan fingerprint density at radius 3 is 2.43 bits per heavy atom. The molecule has 156 valence electrons. The smallest absolute Gasteiger partial charge is 0.283 e. The minimum Gasteiger partial charge on any atom is -0.283 e. The number of aryl methyl sites for hydroxylation is 2. The third-order valence-electron chi connectivity index (χ3n) is 5.74. The summed E-state index contributed by atoms with van der Waals surface area (Å²) in [6.07, 6.45) is 3.42. The lowest BCUT2D eigenvalue weighted by Crippen LogP contribution is -2.45. The molecule has 0 radical (unpaired) electrons. The van der Waals surface area contributed by atoms with Crippen LogP contribution in [0.4, 0.5) is 0 Å². The lowest BCUT2D eigenvalue weighted by molar-refractivity contribution is 0.0743. The number of benzene rings is 2. The molecular formula is C24H27ClN4O. The number of hydrogen-bond donors (Lipinski definition) is 1. The van der Waals surface area contributed by atoms with E-state index in [4.69, 9.17) is 16.7 Å². The van der Waals surface area contributed by atoms with Gasteiger partial charge in [-0.05, 0) is 62.9 Å². The number of amides is 1. The monoisotopic (exact) mass is 422 g/mol. The fourth-order valence-electron chi connectivity index (χ4n) is 4.10. The average Bonchev–Trinajstić information content (AvgIpc) is 3.06. The Labute approximate surface area is 182 Å². The number of carbonyl (C=O) groups excluding carboxylic acids is 1. The summed E-state index contributed by atoms with van der Waals surface area (Å²) in [5.41, 5.74) is 9.43. The zero-order valence-corrected chi connectivity index (χ0v) is 18.5. The normalized spacial score (nSPS) is 14.7. The summed E-state index contributed by atoms with van der Waals surface area (Å²) in [6, 6.07) is 13.9. The molecule has 0 saturated carbocycles. The third-order valence-corrected chi connectivity index (χ3v) is 5.98. The summed E-state index contributed by atoms with van der Waals surface area (Å²) >= 11 is 6.18. The maximum atomic E-state index is 13.1. The molecule has 0 atom stereocenters. The van der Waals surface area contributed by atoms with E-state index in [1.165, 1.54) is 6.42 Å². The van der Waals surface area contributed by atoms with Crippen LogP contribution in [0, 0.1) is 20.8 Å². The van der Waals surface area contributed by atoms with Crippen LogP contribution >= 0.6 is 11.6 Å². The zero-order valence-electron chi connectivity index (χ0n) is 17.7. The molecular weight excluding hydrogens is 396 g/mol. The van der Waals surface area contributed by atoms with Crippen LogP contribution in [-0.2, 0) is 0 Å². The highest BCUT2D eigenvalue weighted by Crippen LogP contribution is 2.32. The number of piperidine rings is 1. The lowest BCUT2D eigenvalue weighted by atomic mass is 10.0. The summed E-state index contributed by atoms with van der Waals surface area (Å²) in [6.45, 7) is 7.82. The van der Waals surface area contributed by atoms with E-state index in [1.54, 1.807) is 0 Å². The highest BCUT2D eigenvalue weighted by atomic mass is 35.5. The van der Waals surface area contributed by atoms with E-state index in [-0.39, 0.29) is 5.91 Å². The molecule has 0 spiro atoms. The summed E-state index contributed by atoms with van der Waals surface area (Å²) in [5.74, 6) is -0.158. The highest BCUT2D eigenvalue weighted by Gasteiger charge is 2.25. The Hall–Kier alpha value is -2.63. The molecule has 0 bridgehead atoms. The van der Waals surface area contributed by atoms with Crippen molar-refractivity contribution >= 4 is 17.5 Å². The first-order valence-electron chi connectivity index (χ1n) is 10.4. The van der Waals surface area contributed by atoms with E-state index in [2.05, 4.69) is 24.5 Å². The Balaban J connectivity index is 1.83. The zero-order chi connectivity index (χ0) is 21.3. The lowest BCUT2D eigenvalue weighted by Gasteiger charge is -2.26. The van der Waals surface area contributed by atoms with Crippen molar-refractivity contribution < 1.29 is 4.79 Å². The fraction of sp³-hybridized carbons (Fsp3) is 0.333. The third kappa shape index (κ3) is 4.00. The van der Waals surface area contributed by atoms with Gasteiger partial charge in [-0.25, -0.2) is 9.69 Å². The number of rotatable bonds is 4. The quantitative estimate of drug-likeness (QED) is 0.624. The van der Waals surface area contributed by atoms with Crippen LogP contribution in [0.2, 0.25) is 5.02 Å². The van der Waals surface area contributed by atoms with Gasteiger partial charge < -0.3 is 0 Å². The van der Waals surface area contributed by atoms with Gasteiger partial charge in [0, 0.05) is 29.2 Å². The van der Waals surface area contributed by atoms with Crippen molar-refractivity contribution in [2.24, 2.45) is 0 Å². The van der Waals surface area contributed by atoms with E-state index in [9.17, 15) is 4.79 Å². The predicted molar refractivity (Wildman–Crippen MR) is 121 cm³/mol. The fourth-order valence-corrected chi connectivity index (χ4v) is 4.33. The molecule has 1 amide bonds. The van der Waals surface area contributed by atoms with Crippen LogP contribution in [0.1, 0.15) is 46.4 Å². The first-order valence-corrected chi connectivity index (χ1v) is 10.8. The van der Waals surface area contributed by atoms with Gasteiger partial charge in [0.2, 0.25) is 0 Å². The summed E-state index contributed by atoms with van der Waals surface area (Å²) in [5, 5.41) is 7.47. The Bertz CT molecular complexity index is 1080. The predicted octanol–water partition coefficient (Wildman–Crippen LogP) is 5.25. The van der Waals surface area contributed by atoms with Crippen LogP contribution in [0.15, 0.2) is 42.5 Å². The molecule has 1 aliphatic rings. The summed E-state index contributed by atoms with van der Waals surface area (Å²) < 4.78 is 1.88. The van der Waals surface area contributed by atoms with Gasteiger partial charge in [-0.3, -0.25) is 10.2 Å². The Morgan fingerprint density at radius 2 is 1.73 bits per heavy atom. The van der Waals surface area contributed by atoms with E-state index in [1.807, 2.05) is 53.9 Å². The van der Waals surface area contributed by atoms with E-state index in [0.717, 1.165) is 59.6 Å². The van der Waals surface area contributed by atoms with Crippen LogP contribution in [0.5, 0.6) is 0 Å². The molecule has 0 unspecified atom stereocenters. The Morgan fingerprint density at radius 1 is 1.00 bits per heavy atom. The summed E-state index contributed by atoms with van der Waals surface area (Å²) in [7, 11) is 0. The largest absolute Gasteiger partial charge is 0.286 e. The molecule has 5 nitrogen and oxygen atoms in total. The maximum Gasteiger partial charge on any atom is 0.286 e. The standard InChI is InChI=1S/C24H27ClN4O/c1-16-9-5-6-10-20(16)23-18(3)22(24(30)27-28-13-7-4-8-14-28)26-29(23)21-12-11-19(25)15-17(21)2/h5-6,9-12,15H,4,7-8,13-14H2,1-3H3,(H,27,30). The summed E-state index contributed by atoms with van der Waals surface area (Å²) in [4.78, 5) is 13.1. The van der Waals surface area contributed by atoms with E-state index in [0.29, 0.717) is 10.7 Å². The van der Waals surface area contributed by atoms with Gasteiger partial charge in [0.15, 0.2) is 5.69 Å². The van der Waals surface area contributed by atoms with Gasteiger partial charge >= 0.3 is 0 Å². The van der Waals surface area contributed by atoms with Crippen LogP contribution in [0.25, 0.3) is 16.9 Å². The minimum atomic E-state index is -0.158. The van der Waals surface area contributed by atoms with Crippen LogP contribution in [-0.4, -0.2) is 33.8 Å². The van der Waals surface area contributed by atoms with Crippen molar-refractivity contribution in [3.63, 3.8) is 0 Å². The van der Waals surface area contributed by atoms with Gasteiger partial charge in [-0.1, -0.05) is 42.3 Å². The second kappa shape index (κ2) is 8.62. The van der Waals surface area contributed by atoms with Crippen molar-refractivity contribution in [1.82, 2.24) is 20.2 Å². The average molecular weight is 423 g/mol. The molecule has 1 aromatic heterocycles. The number of carbonyl (C=O) groups is 1. The molecule has 30 heavy (non-hydrogen) atoms. The maximum absolute atomic E-state index is 13.1. The molecule has 1 aliphatic heterocycles. The number of nitrogens with zero attached hydrogens (tertiary/aromatic N) is 3. The van der Waals surface area contributed by atoms with Crippen molar-refractivity contribution in [2.75, 3.05) is 13.1 Å². The van der Waals surface area contributed by atoms with Crippen molar-refractivity contribution in [3.05, 3.63) is 69.9 Å². The first-order chi connectivity index (χ1) is 14.5. The van der Waals surface area contributed by atoms with Crippen molar-refractivity contribution in [1.29, 1.82) is 0 Å². The molecule has 1 fully saturated rings. The Kier molecular flexibility index (Phi) is 5.93. The van der Waals surface area contributed by atoms with E-state index >= 15 is 0 Å². The second-order valence-electron chi connectivity index (χ2n) is 7.97. The second-order valence-corrected chi connectivity index (χ2v) is 8.40. The molecule has 4 rings (SSSR count). The molecule has 1 N–H and O–H groups in total. The molecule has 2 aromatic carbocycles. The van der Waals surface area contributed by atoms with Crippen molar-refractivity contribution in [3.8, 4) is 16.9 Å². The van der Waals surface area contributed by atoms with E-state index < -0.39 is 0 Å².